The number of anilines is 1. The molecule has 0 spiro atoms. The standard InChI is InChI=1S/C24H22N4O2S2/c1-15(32-22-13-20(25-16(2)26-22)17-7-5-4-6-8-17)23(29)28-24-27-21(14-31-24)18-9-11-19(30-3)12-10-18/h4-15H,1-3H3,(H,27,28,29). The molecule has 0 fully saturated rings. The topological polar surface area (TPSA) is 77.0 Å². The zero-order chi connectivity index (χ0) is 22.5. The van der Waals surface area contributed by atoms with Gasteiger partial charge in [0.15, 0.2) is 5.13 Å². The fourth-order valence-corrected chi connectivity index (χ4v) is 4.64. The van der Waals surface area contributed by atoms with Crippen LogP contribution in [0.1, 0.15) is 12.7 Å². The number of carbonyl (C=O) groups excluding carboxylic acids is 1. The predicted octanol–water partition coefficient (Wildman–Crippen LogP) is 5.70. The van der Waals surface area contributed by atoms with E-state index < -0.39 is 0 Å². The van der Waals surface area contributed by atoms with Gasteiger partial charge in [0.1, 0.15) is 16.6 Å². The highest BCUT2D eigenvalue weighted by Gasteiger charge is 2.18. The number of methoxy groups -OCH3 is 1. The molecular formula is C24H22N4O2S2. The molecule has 2 heterocycles. The number of carbonyl (C=O) groups is 1. The molecule has 2 aromatic heterocycles. The Morgan fingerprint density at radius 2 is 1.72 bits per heavy atom. The molecule has 4 aromatic rings. The molecule has 0 saturated carbocycles. The fourth-order valence-electron chi connectivity index (χ4n) is 3.02. The lowest BCUT2D eigenvalue weighted by molar-refractivity contribution is -0.115. The molecule has 4 rings (SSSR count). The second-order valence-corrected chi connectivity index (χ2v) is 9.24. The van der Waals surface area contributed by atoms with Gasteiger partial charge in [0.2, 0.25) is 5.91 Å². The Morgan fingerprint density at radius 1 is 1.00 bits per heavy atom. The Bertz CT molecular complexity index is 1210. The van der Waals surface area contributed by atoms with Crippen LogP contribution in [0.3, 0.4) is 0 Å². The number of thioether (sulfide) groups is 1. The average molecular weight is 463 g/mol. The highest BCUT2D eigenvalue weighted by atomic mass is 32.2. The third-order valence-electron chi connectivity index (χ3n) is 4.67. The number of thiazole rings is 1. The van der Waals surface area contributed by atoms with Gasteiger partial charge in [-0.25, -0.2) is 15.0 Å². The largest absolute Gasteiger partial charge is 0.497 e. The molecule has 1 atom stereocenters. The van der Waals surface area contributed by atoms with Crippen LogP contribution >= 0.6 is 23.1 Å². The van der Waals surface area contributed by atoms with Crippen LogP contribution in [0.2, 0.25) is 0 Å². The van der Waals surface area contributed by atoms with Crippen molar-refractivity contribution in [1.29, 1.82) is 0 Å². The molecule has 6 nitrogen and oxygen atoms in total. The summed E-state index contributed by atoms with van der Waals surface area (Å²) in [6, 6.07) is 19.5. The molecule has 32 heavy (non-hydrogen) atoms. The number of benzene rings is 2. The van der Waals surface area contributed by atoms with E-state index in [0.29, 0.717) is 11.0 Å². The van der Waals surface area contributed by atoms with E-state index in [0.717, 1.165) is 33.3 Å². The number of nitrogens with zero attached hydrogens (tertiary/aromatic N) is 3. The average Bonchev–Trinajstić information content (AvgIpc) is 3.27. The van der Waals surface area contributed by atoms with Crippen molar-refractivity contribution in [2.24, 2.45) is 0 Å². The minimum absolute atomic E-state index is 0.122. The zero-order valence-corrected chi connectivity index (χ0v) is 19.5. The van der Waals surface area contributed by atoms with Gasteiger partial charge in [0.25, 0.3) is 0 Å². The summed E-state index contributed by atoms with van der Waals surface area (Å²) in [5.74, 6) is 1.34. The van der Waals surface area contributed by atoms with Gasteiger partial charge in [-0.2, -0.15) is 0 Å². The molecule has 0 aliphatic heterocycles. The number of aryl methyl sites for hydroxylation is 1. The third kappa shape index (κ3) is 5.33. The molecular weight excluding hydrogens is 440 g/mol. The molecule has 0 saturated heterocycles. The van der Waals surface area contributed by atoms with E-state index in [1.165, 1.54) is 23.1 Å². The summed E-state index contributed by atoms with van der Waals surface area (Å²) in [7, 11) is 1.63. The second-order valence-electron chi connectivity index (χ2n) is 7.02. The Morgan fingerprint density at radius 3 is 2.44 bits per heavy atom. The number of hydrogen-bond donors (Lipinski definition) is 1. The summed E-state index contributed by atoms with van der Waals surface area (Å²) >= 11 is 2.80. The van der Waals surface area contributed by atoms with Gasteiger partial charge in [-0.3, -0.25) is 4.79 Å². The maximum Gasteiger partial charge on any atom is 0.239 e. The number of nitrogens with one attached hydrogen (secondary N) is 1. The quantitative estimate of drug-likeness (QED) is 0.280. The lowest BCUT2D eigenvalue weighted by Crippen LogP contribution is -2.22. The van der Waals surface area contributed by atoms with Gasteiger partial charge >= 0.3 is 0 Å². The molecule has 1 N–H and O–H groups in total. The number of hydrogen-bond acceptors (Lipinski definition) is 7. The van der Waals surface area contributed by atoms with Crippen LogP contribution in [0.25, 0.3) is 22.5 Å². The Hall–Kier alpha value is -3.23. The molecule has 0 radical (unpaired) electrons. The van der Waals surface area contributed by atoms with Crippen LogP contribution in [0.4, 0.5) is 5.13 Å². The Balaban J connectivity index is 1.42. The van der Waals surface area contributed by atoms with Crippen molar-refractivity contribution >= 4 is 34.1 Å². The first-order chi connectivity index (χ1) is 15.5. The van der Waals surface area contributed by atoms with Crippen LogP contribution in [-0.2, 0) is 4.79 Å². The van der Waals surface area contributed by atoms with Crippen molar-refractivity contribution in [3.63, 3.8) is 0 Å². The van der Waals surface area contributed by atoms with Gasteiger partial charge in [-0.15, -0.1) is 11.3 Å². The monoisotopic (exact) mass is 462 g/mol. The fraction of sp³-hybridized carbons (Fsp3) is 0.167. The summed E-state index contributed by atoms with van der Waals surface area (Å²) < 4.78 is 5.19. The van der Waals surface area contributed by atoms with Crippen molar-refractivity contribution in [1.82, 2.24) is 15.0 Å². The van der Waals surface area contributed by atoms with E-state index in [4.69, 9.17) is 4.74 Å². The van der Waals surface area contributed by atoms with E-state index >= 15 is 0 Å². The second kappa shape index (κ2) is 9.93. The Labute approximate surface area is 195 Å². The first-order valence-electron chi connectivity index (χ1n) is 10.0. The molecule has 1 unspecified atom stereocenters. The van der Waals surface area contributed by atoms with Crippen molar-refractivity contribution in [3.05, 3.63) is 71.9 Å². The van der Waals surface area contributed by atoms with Gasteiger partial charge in [-0.05, 0) is 44.2 Å². The molecule has 1 amide bonds. The maximum absolute atomic E-state index is 12.8. The first kappa shape index (κ1) is 22.0. The molecule has 0 aliphatic carbocycles. The van der Waals surface area contributed by atoms with Crippen LogP contribution in [-0.4, -0.2) is 33.2 Å². The van der Waals surface area contributed by atoms with Crippen LogP contribution < -0.4 is 10.1 Å². The molecule has 162 valence electrons. The van der Waals surface area contributed by atoms with E-state index in [9.17, 15) is 4.79 Å². The highest BCUT2D eigenvalue weighted by molar-refractivity contribution is 8.00. The summed E-state index contributed by atoms with van der Waals surface area (Å²) in [6.07, 6.45) is 0. The van der Waals surface area contributed by atoms with Gasteiger partial charge < -0.3 is 10.1 Å². The normalized spacial score (nSPS) is 11.7. The number of ether oxygens (including phenoxy) is 1. The third-order valence-corrected chi connectivity index (χ3v) is 6.45. The first-order valence-corrected chi connectivity index (χ1v) is 11.8. The van der Waals surface area contributed by atoms with Gasteiger partial charge in [-0.1, -0.05) is 42.1 Å². The lowest BCUT2D eigenvalue weighted by atomic mass is 10.1. The number of aromatic nitrogens is 3. The summed E-state index contributed by atoms with van der Waals surface area (Å²) in [5.41, 5.74) is 3.64. The minimum Gasteiger partial charge on any atom is -0.497 e. The van der Waals surface area contributed by atoms with Crippen LogP contribution in [0.5, 0.6) is 5.75 Å². The van der Waals surface area contributed by atoms with Crippen molar-refractivity contribution in [2.45, 2.75) is 24.1 Å². The van der Waals surface area contributed by atoms with Crippen molar-refractivity contribution < 1.29 is 9.53 Å². The highest BCUT2D eigenvalue weighted by Crippen LogP contribution is 2.29. The zero-order valence-electron chi connectivity index (χ0n) is 17.9. The minimum atomic E-state index is -0.346. The SMILES string of the molecule is COc1ccc(-c2csc(NC(=O)C(C)Sc3cc(-c4ccccc4)nc(C)n3)n2)cc1. The molecule has 8 heteroatoms. The molecule has 2 aromatic carbocycles. The Kier molecular flexibility index (Phi) is 6.82. The van der Waals surface area contributed by atoms with E-state index in [1.54, 1.807) is 7.11 Å². The number of amides is 1. The van der Waals surface area contributed by atoms with Crippen molar-refractivity contribution in [2.75, 3.05) is 12.4 Å². The van der Waals surface area contributed by atoms with Gasteiger partial charge in [0, 0.05) is 16.5 Å². The van der Waals surface area contributed by atoms with E-state index in [-0.39, 0.29) is 11.2 Å². The van der Waals surface area contributed by atoms with E-state index in [2.05, 4.69) is 20.3 Å². The smallest absolute Gasteiger partial charge is 0.239 e. The van der Waals surface area contributed by atoms with E-state index in [1.807, 2.05) is 79.9 Å². The number of rotatable bonds is 7. The lowest BCUT2D eigenvalue weighted by Gasteiger charge is -2.11. The van der Waals surface area contributed by atoms with Crippen molar-refractivity contribution in [3.8, 4) is 28.3 Å². The summed E-state index contributed by atoms with van der Waals surface area (Å²) in [5, 5.41) is 5.82. The van der Waals surface area contributed by atoms with Crippen LogP contribution in [0.15, 0.2) is 71.1 Å². The van der Waals surface area contributed by atoms with Gasteiger partial charge in [0.05, 0.1) is 23.7 Å². The maximum atomic E-state index is 12.8. The summed E-state index contributed by atoms with van der Waals surface area (Å²) in [4.78, 5) is 26.3. The molecule has 0 bridgehead atoms. The predicted molar refractivity (Wildman–Crippen MR) is 130 cm³/mol. The van der Waals surface area contributed by atoms with Crippen LogP contribution in [0, 0.1) is 6.92 Å². The summed E-state index contributed by atoms with van der Waals surface area (Å²) in [6.45, 7) is 3.72. The molecule has 0 aliphatic rings.